The number of aromatic nitrogens is 1. The molecular formula is C34H25FN2O4S. The molecule has 0 bridgehead atoms. The van der Waals surface area contributed by atoms with Gasteiger partial charge in [0.05, 0.1) is 28.4 Å². The van der Waals surface area contributed by atoms with E-state index in [2.05, 4.69) is 12.1 Å². The van der Waals surface area contributed by atoms with Crippen LogP contribution in [-0.4, -0.2) is 17.1 Å². The number of hydrogen-bond acceptors (Lipinski definition) is 6. The summed E-state index contributed by atoms with van der Waals surface area (Å²) in [4.78, 5) is 31.7. The molecular weight excluding hydrogens is 551 g/mol. The summed E-state index contributed by atoms with van der Waals surface area (Å²) >= 11 is 1.30. The smallest absolute Gasteiger partial charge is 0.338 e. The molecule has 1 atom stereocenters. The number of carbonyl (C=O) groups excluding carboxylic acids is 1. The average molecular weight is 577 g/mol. The van der Waals surface area contributed by atoms with E-state index in [9.17, 15) is 14.0 Å². The van der Waals surface area contributed by atoms with Crippen LogP contribution in [0.15, 0.2) is 105 Å². The quantitative estimate of drug-likeness (QED) is 0.245. The van der Waals surface area contributed by atoms with E-state index in [1.165, 1.54) is 29.0 Å². The highest BCUT2D eigenvalue weighted by molar-refractivity contribution is 7.07. The van der Waals surface area contributed by atoms with Crippen LogP contribution in [-0.2, 0) is 11.2 Å². The van der Waals surface area contributed by atoms with Crippen LogP contribution >= 0.6 is 11.3 Å². The second kappa shape index (κ2) is 10.5. The molecule has 3 heterocycles. The van der Waals surface area contributed by atoms with Crippen molar-refractivity contribution in [3.8, 4) is 11.3 Å². The van der Waals surface area contributed by atoms with Crippen molar-refractivity contribution in [2.75, 3.05) is 6.61 Å². The molecule has 1 aliphatic carbocycles. The molecule has 0 saturated carbocycles. The molecule has 1 aliphatic heterocycles. The molecule has 0 radical (unpaired) electrons. The van der Waals surface area contributed by atoms with Crippen molar-refractivity contribution in [1.82, 2.24) is 4.57 Å². The third-order valence-electron chi connectivity index (χ3n) is 7.62. The van der Waals surface area contributed by atoms with E-state index in [1.807, 2.05) is 24.3 Å². The number of hydrogen-bond donors (Lipinski definition) is 0. The van der Waals surface area contributed by atoms with Crippen LogP contribution in [0.2, 0.25) is 0 Å². The van der Waals surface area contributed by atoms with Crippen molar-refractivity contribution in [2.24, 2.45) is 4.99 Å². The summed E-state index contributed by atoms with van der Waals surface area (Å²) < 4.78 is 27.3. The summed E-state index contributed by atoms with van der Waals surface area (Å²) in [5.41, 5.74) is 6.07. The summed E-state index contributed by atoms with van der Waals surface area (Å²) in [6.07, 6.45) is 3.33. The van der Waals surface area contributed by atoms with E-state index in [4.69, 9.17) is 14.1 Å². The molecule has 0 spiro atoms. The Bertz CT molecular complexity index is 2070. The zero-order valence-corrected chi connectivity index (χ0v) is 23.5. The lowest BCUT2D eigenvalue weighted by Crippen LogP contribution is -2.38. The summed E-state index contributed by atoms with van der Waals surface area (Å²) in [6.45, 7) is 2.06. The van der Waals surface area contributed by atoms with Gasteiger partial charge >= 0.3 is 5.97 Å². The second-order valence-corrected chi connectivity index (χ2v) is 11.2. The molecule has 208 valence electrons. The first-order valence-electron chi connectivity index (χ1n) is 13.8. The minimum atomic E-state index is -0.395. The highest BCUT2D eigenvalue weighted by Gasteiger charge is 2.32. The maximum atomic E-state index is 13.9. The maximum absolute atomic E-state index is 13.9. The number of furan rings is 1. The normalized spacial score (nSPS) is 16.0. The van der Waals surface area contributed by atoms with Crippen LogP contribution in [0.25, 0.3) is 23.1 Å². The molecule has 0 fully saturated rings. The number of ether oxygens (including phenoxy) is 1. The fraction of sp³-hybridized carbons (Fsp3) is 0.147. The highest BCUT2D eigenvalue weighted by Crippen LogP contribution is 2.41. The number of aryl methyl sites for hydroxylation is 1. The number of thiazole rings is 1. The number of rotatable bonds is 5. The Labute approximate surface area is 244 Å². The maximum Gasteiger partial charge on any atom is 0.338 e. The first-order valence-corrected chi connectivity index (χ1v) is 14.6. The molecule has 0 unspecified atom stereocenters. The highest BCUT2D eigenvalue weighted by atomic mass is 32.1. The standard InChI is InChI=1S/C34H25FN2O4S/c1-2-40-33(39)23-8-5-7-22(18-23)28-17-15-25(41-28)19-29-32(38)37-31(21-10-13-24(35)14-11-21)27-16-12-20-6-3-4-9-26(20)30(27)36-34(37)42-29/h3-11,13-15,17-19,31H,2,12,16H2,1H3/b29-19+/t31-/m0/s1. The van der Waals surface area contributed by atoms with Crippen molar-refractivity contribution in [3.63, 3.8) is 0 Å². The van der Waals surface area contributed by atoms with Gasteiger partial charge in [-0.1, -0.05) is 59.9 Å². The van der Waals surface area contributed by atoms with Crippen LogP contribution < -0.4 is 14.9 Å². The fourth-order valence-electron chi connectivity index (χ4n) is 5.70. The summed E-state index contributed by atoms with van der Waals surface area (Å²) in [5, 5.41) is 0. The minimum absolute atomic E-state index is 0.180. The number of carbonyl (C=O) groups is 1. The van der Waals surface area contributed by atoms with Gasteiger partial charge in [-0.15, -0.1) is 0 Å². The van der Waals surface area contributed by atoms with Gasteiger partial charge in [0.2, 0.25) is 0 Å². The molecule has 0 N–H and O–H groups in total. The van der Waals surface area contributed by atoms with Gasteiger partial charge in [0.1, 0.15) is 17.3 Å². The Morgan fingerprint density at radius 3 is 2.74 bits per heavy atom. The fourth-order valence-corrected chi connectivity index (χ4v) is 6.68. The van der Waals surface area contributed by atoms with Gasteiger partial charge in [0, 0.05) is 17.2 Å². The van der Waals surface area contributed by atoms with Gasteiger partial charge in [0.25, 0.3) is 5.56 Å². The molecule has 6 nitrogen and oxygen atoms in total. The monoisotopic (exact) mass is 576 g/mol. The number of halogens is 1. The zero-order valence-electron chi connectivity index (χ0n) is 22.7. The van der Waals surface area contributed by atoms with Crippen molar-refractivity contribution < 1.29 is 18.3 Å². The number of esters is 1. The summed E-state index contributed by atoms with van der Waals surface area (Å²) in [6, 6.07) is 24.9. The van der Waals surface area contributed by atoms with E-state index in [-0.39, 0.29) is 17.4 Å². The van der Waals surface area contributed by atoms with Gasteiger partial charge in [-0.25, -0.2) is 14.2 Å². The first-order chi connectivity index (χ1) is 20.5. The van der Waals surface area contributed by atoms with Crippen molar-refractivity contribution >= 4 is 29.1 Å². The lowest BCUT2D eigenvalue weighted by atomic mass is 9.83. The summed E-state index contributed by atoms with van der Waals surface area (Å²) in [7, 11) is 0. The lowest BCUT2D eigenvalue weighted by Gasteiger charge is -2.30. The molecule has 0 saturated heterocycles. The molecule has 42 heavy (non-hydrogen) atoms. The number of benzene rings is 3. The van der Waals surface area contributed by atoms with Crippen LogP contribution in [0.1, 0.15) is 52.2 Å². The number of nitrogens with zero attached hydrogens (tertiary/aromatic N) is 2. The lowest BCUT2D eigenvalue weighted by molar-refractivity contribution is 0.0526. The molecule has 0 amide bonds. The average Bonchev–Trinajstić information content (AvgIpc) is 3.61. The molecule has 3 aromatic carbocycles. The van der Waals surface area contributed by atoms with E-state index >= 15 is 0 Å². The molecule has 2 aliphatic rings. The largest absolute Gasteiger partial charge is 0.462 e. The van der Waals surface area contributed by atoms with Gasteiger partial charge in [-0.2, -0.15) is 0 Å². The molecule has 8 heteroatoms. The van der Waals surface area contributed by atoms with E-state index < -0.39 is 5.97 Å². The Balaban J connectivity index is 1.33. The Morgan fingerprint density at radius 1 is 1.07 bits per heavy atom. The van der Waals surface area contributed by atoms with Crippen molar-refractivity contribution in [3.05, 3.63) is 144 Å². The predicted molar refractivity (Wildman–Crippen MR) is 159 cm³/mol. The Hall–Kier alpha value is -4.82. The van der Waals surface area contributed by atoms with Crippen LogP contribution in [0.3, 0.4) is 0 Å². The molecule has 5 aromatic rings. The topological polar surface area (TPSA) is 73.8 Å². The first kappa shape index (κ1) is 26.1. The minimum Gasteiger partial charge on any atom is -0.462 e. The Kier molecular flexibility index (Phi) is 6.55. The zero-order chi connectivity index (χ0) is 28.8. The van der Waals surface area contributed by atoms with Gasteiger partial charge < -0.3 is 9.15 Å². The number of fused-ring (bicyclic) bond motifs is 3. The van der Waals surface area contributed by atoms with Crippen LogP contribution in [0.5, 0.6) is 0 Å². The van der Waals surface area contributed by atoms with E-state index in [0.29, 0.717) is 33.0 Å². The Morgan fingerprint density at radius 2 is 1.90 bits per heavy atom. The van der Waals surface area contributed by atoms with Gasteiger partial charge in [-0.3, -0.25) is 9.36 Å². The predicted octanol–water partition coefficient (Wildman–Crippen LogP) is 5.89. The van der Waals surface area contributed by atoms with E-state index in [1.54, 1.807) is 54.0 Å². The van der Waals surface area contributed by atoms with Gasteiger partial charge in [0.15, 0.2) is 4.80 Å². The number of allylic oxidation sites excluding steroid dienone is 1. The SMILES string of the molecule is CCOC(=O)c1cccc(-c2ccc(/C=c3/sc4n(c3=O)[C@@H](c3ccc(F)cc3)C3=C(N=4)c4ccccc4CC3)o2)c1. The van der Waals surface area contributed by atoms with Crippen LogP contribution in [0, 0.1) is 5.82 Å². The third-order valence-corrected chi connectivity index (χ3v) is 8.60. The van der Waals surface area contributed by atoms with Crippen LogP contribution in [0.4, 0.5) is 4.39 Å². The molecule has 2 aromatic heterocycles. The molecule has 7 rings (SSSR count). The van der Waals surface area contributed by atoms with Crippen molar-refractivity contribution in [2.45, 2.75) is 25.8 Å². The second-order valence-electron chi connectivity index (χ2n) is 10.2. The third kappa shape index (κ3) is 4.54. The van der Waals surface area contributed by atoms with E-state index in [0.717, 1.165) is 40.8 Å². The van der Waals surface area contributed by atoms with Crippen molar-refractivity contribution in [1.29, 1.82) is 0 Å². The van der Waals surface area contributed by atoms with Gasteiger partial charge in [-0.05, 0) is 72.9 Å². The summed E-state index contributed by atoms with van der Waals surface area (Å²) in [5.74, 6) is 0.352.